The van der Waals surface area contributed by atoms with E-state index in [4.69, 9.17) is 0 Å². The van der Waals surface area contributed by atoms with Gasteiger partial charge in [-0.25, -0.2) is 9.67 Å². The van der Waals surface area contributed by atoms with Gasteiger partial charge in [0, 0.05) is 25.3 Å². The second-order valence-corrected chi connectivity index (χ2v) is 6.90. The molecule has 0 N–H and O–H groups in total. The predicted molar refractivity (Wildman–Crippen MR) is 79.2 cm³/mol. The van der Waals surface area contributed by atoms with Crippen LogP contribution in [0.2, 0.25) is 0 Å². The maximum absolute atomic E-state index is 12.2. The minimum Gasteiger partial charge on any atom is -0.299 e. The highest BCUT2D eigenvalue weighted by Crippen LogP contribution is 2.33. The van der Waals surface area contributed by atoms with Crippen LogP contribution in [0.15, 0.2) is 6.33 Å². The first-order valence-electron chi connectivity index (χ1n) is 7.86. The number of rotatable bonds is 5. The van der Waals surface area contributed by atoms with E-state index in [9.17, 15) is 4.79 Å². The zero-order valence-electron chi connectivity index (χ0n) is 13.2. The van der Waals surface area contributed by atoms with Gasteiger partial charge in [-0.05, 0) is 30.6 Å². The van der Waals surface area contributed by atoms with Gasteiger partial charge in [-0.15, -0.1) is 0 Å². The van der Waals surface area contributed by atoms with Gasteiger partial charge in [0.2, 0.25) is 0 Å². The Labute approximate surface area is 122 Å². The van der Waals surface area contributed by atoms with Gasteiger partial charge in [0.05, 0.1) is 0 Å². The van der Waals surface area contributed by atoms with Crippen LogP contribution in [-0.2, 0) is 17.8 Å². The second-order valence-electron chi connectivity index (χ2n) is 6.90. The van der Waals surface area contributed by atoms with Crippen LogP contribution in [-0.4, -0.2) is 20.5 Å². The first-order valence-corrected chi connectivity index (χ1v) is 7.86. The first-order chi connectivity index (χ1) is 9.47. The largest absolute Gasteiger partial charge is 0.299 e. The zero-order valence-corrected chi connectivity index (χ0v) is 13.2. The standard InChI is InChI=1S/C16H27N3O/c1-11(2)9-19-16(17-10-18-19)8-14-7-13(12(3)4)5-6-15(14)20/h10-14H,5-9H2,1-4H3. The average Bonchev–Trinajstić information content (AvgIpc) is 2.78. The van der Waals surface area contributed by atoms with E-state index >= 15 is 0 Å². The second kappa shape index (κ2) is 6.51. The molecule has 2 atom stereocenters. The van der Waals surface area contributed by atoms with E-state index < -0.39 is 0 Å². The fraction of sp³-hybridized carbons (Fsp3) is 0.812. The summed E-state index contributed by atoms with van der Waals surface area (Å²) < 4.78 is 1.97. The van der Waals surface area contributed by atoms with E-state index in [1.807, 2.05) is 4.68 Å². The molecule has 1 aliphatic rings. The molecule has 1 heterocycles. The molecule has 112 valence electrons. The third kappa shape index (κ3) is 3.68. The average molecular weight is 277 g/mol. The SMILES string of the molecule is CC(C)Cn1ncnc1CC1CC(C(C)C)CCC1=O. The number of Topliss-reactive ketones (excluding diaryl/α,β-unsaturated/α-hetero) is 1. The summed E-state index contributed by atoms with van der Waals surface area (Å²) in [4.78, 5) is 16.5. The Morgan fingerprint density at radius 2 is 2.10 bits per heavy atom. The fourth-order valence-corrected chi connectivity index (χ4v) is 3.11. The molecule has 0 bridgehead atoms. The van der Waals surface area contributed by atoms with Gasteiger partial charge in [0.15, 0.2) is 0 Å². The van der Waals surface area contributed by atoms with Crippen molar-refractivity contribution in [3.8, 4) is 0 Å². The van der Waals surface area contributed by atoms with Crippen LogP contribution in [0.5, 0.6) is 0 Å². The van der Waals surface area contributed by atoms with Crippen LogP contribution in [0, 0.1) is 23.7 Å². The lowest BCUT2D eigenvalue weighted by molar-refractivity contribution is -0.126. The van der Waals surface area contributed by atoms with Crippen molar-refractivity contribution in [2.24, 2.45) is 23.7 Å². The van der Waals surface area contributed by atoms with Crippen molar-refractivity contribution in [1.29, 1.82) is 0 Å². The lowest BCUT2D eigenvalue weighted by Crippen LogP contribution is -2.30. The summed E-state index contributed by atoms with van der Waals surface area (Å²) >= 11 is 0. The summed E-state index contributed by atoms with van der Waals surface area (Å²) in [5.41, 5.74) is 0. The molecule has 1 aromatic heterocycles. The van der Waals surface area contributed by atoms with Crippen molar-refractivity contribution in [1.82, 2.24) is 14.8 Å². The third-order valence-corrected chi connectivity index (χ3v) is 4.41. The van der Waals surface area contributed by atoms with Crippen molar-refractivity contribution >= 4 is 5.78 Å². The monoisotopic (exact) mass is 277 g/mol. The summed E-state index contributed by atoms with van der Waals surface area (Å²) in [6, 6.07) is 0. The van der Waals surface area contributed by atoms with Crippen LogP contribution in [0.3, 0.4) is 0 Å². The molecule has 4 nitrogen and oxygen atoms in total. The van der Waals surface area contributed by atoms with Gasteiger partial charge in [-0.2, -0.15) is 5.10 Å². The van der Waals surface area contributed by atoms with Crippen LogP contribution in [0.25, 0.3) is 0 Å². The van der Waals surface area contributed by atoms with Gasteiger partial charge in [0.25, 0.3) is 0 Å². The highest BCUT2D eigenvalue weighted by atomic mass is 16.1. The van der Waals surface area contributed by atoms with Crippen molar-refractivity contribution in [2.45, 2.75) is 59.9 Å². The van der Waals surface area contributed by atoms with E-state index in [1.54, 1.807) is 6.33 Å². The van der Waals surface area contributed by atoms with E-state index in [1.165, 1.54) is 0 Å². The summed E-state index contributed by atoms with van der Waals surface area (Å²) in [7, 11) is 0. The topological polar surface area (TPSA) is 47.8 Å². The first kappa shape index (κ1) is 15.2. The summed E-state index contributed by atoms with van der Waals surface area (Å²) in [6.45, 7) is 9.75. The molecule has 1 aromatic rings. The highest BCUT2D eigenvalue weighted by Gasteiger charge is 2.31. The molecule has 1 aliphatic carbocycles. The van der Waals surface area contributed by atoms with Crippen LogP contribution < -0.4 is 0 Å². The minimum absolute atomic E-state index is 0.145. The molecule has 4 heteroatoms. The van der Waals surface area contributed by atoms with Gasteiger partial charge in [-0.1, -0.05) is 27.7 Å². The Hall–Kier alpha value is -1.19. The maximum atomic E-state index is 12.2. The molecule has 20 heavy (non-hydrogen) atoms. The molecule has 0 saturated heterocycles. The molecule has 2 rings (SSSR count). The smallest absolute Gasteiger partial charge is 0.138 e. The molecular weight excluding hydrogens is 250 g/mol. The van der Waals surface area contributed by atoms with Crippen LogP contribution in [0.1, 0.15) is 52.8 Å². The van der Waals surface area contributed by atoms with Gasteiger partial charge >= 0.3 is 0 Å². The van der Waals surface area contributed by atoms with Crippen molar-refractivity contribution in [3.05, 3.63) is 12.2 Å². The highest BCUT2D eigenvalue weighted by molar-refractivity contribution is 5.81. The maximum Gasteiger partial charge on any atom is 0.138 e. The third-order valence-electron chi connectivity index (χ3n) is 4.41. The lowest BCUT2D eigenvalue weighted by Gasteiger charge is -2.30. The number of hydrogen-bond acceptors (Lipinski definition) is 3. The van der Waals surface area contributed by atoms with Gasteiger partial charge < -0.3 is 0 Å². The van der Waals surface area contributed by atoms with E-state index in [2.05, 4.69) is 37.8 Å². The van der Waals surface area contributed by atoms with Gasteiger partial charge in [-0.3, -0.25) is 4.79 Å². The van der Waals surface area contributed by atoms with Gasteiger partial charge in [0.1, 0.15) is 17.9 Å². The lowest BCUT2D eigenvalue weighted by atomic mass is 9.74. The number of carbonyl (C=O) groups is 1. The summed E-state index contributed by atoms with van der Waals surface area (Å²) in [5.74, 6) is 3.42. The molecule has 1 saturated carbocycles. The molecule has 0 aliphatic heterocycles. The van der Waals surface area contributed by atoms with E-state index in [0.717, 1.165) is 38.1 Å². The zero-order chi connectivity index (χ0) is 14.7. The molecule has 0 radical (unpaired) electrons. The van der Waals surface area contributed by atoms with Crippen LogP contribution in [0.4, 0.5) is 0 Å². The van der Waals surface area contributed by atoms with Crippen molar-refractivity contribution in [3.63, 3.8) is 0 Å². The Kier molecular flexibility index (Phi) is 4.95. The predicted octanol–water partition coefficient (Wildman–Crippen LogP) is 3.12. The van der Waals surface area contributed by atoms with Crippen molar-refractivity contribution < 1.29 is 4.79 Å². The number of hydrogen-bond donors (Lipinski definition) is 0. The van der Waals surface area contributed by atoms with E-state index in [-0.39, 0.29) is 5.92 Å². The molecule has 1 fully saturated rings. The number of nitrogens with zero attached hydrogens (tertiary/aromatic N) is 3. The normalized spacial score (nSPS) is 23.8. The fourth-order valence-electron chi connectivity index (χ4n) is 3.11. The molecular formula is C16H27N3O. The van der Waals surface area contributed by atoms with Crippen LogP contribution >= 0.6 is 0 Å². The summed E-state index contributed by atoms with van der Waals surface area (Å²) in [5, 5.41) is 4.30. The molecule has 0 amide bonds. The van der Waals surface area contributed by atoms with E-state index in [0.29, 0.717) is 23.5 Å². The molecule has 0 spiro atoms. The quantitative estimate of drug-likeness (QED) is 0.831. The Morgan fingerprint density at radius 3 is 2.75 bits per heavy atom. The van der Waals surface area contributed by atoms with Crippen molar-refractivity contribution in [2.75, 3.05) is 0 Å². The number of aromatic nitrogens is 3. The minimum atomic E-state index is 0.145. The number of carbonyl (C=O) groups excluding carboxylic acids is 1. The Morgan fingerprint density at radius 1 is 1.35 bits per heavy atom. The number of ketones is 1. The Bertz CT molecular complexity index is 450. The summed E-state index contributed by atoms with van der Waals surface area (Å²) in [6.07, 6.45) is 5.20. The molecule has 0 aromatic carbocycles. The Balaban J connectivity index is 2.04. The molecule has 2 unspecified atom stereocenters.